The summed E-state index contributed by atoms with van der Waals surface area (Å²) in [5.74, 6) is -0.870. The molecule has 1 saturated carbocycles. The van der Waals surface area contributed by atoms with Gasteiger partial charge in [0, 0.05) is 30.6 Å². The first kappa shape index (κ1) is 21.5. The molecule has 1 heterocycles. The van der Waals surface area contributed by atoms with Crippen LogP contribution in [0.3, 0.4) is 0 Å². The summed E-state index contributed by atoms with van der Waals surface area (Å²) in [6.07, 6.45) is 1.75. The van der Waals surface area contributed by atoms with Crippen molar-refractivity contribution in [3.63, 3.8) is 0 Å². The van der Waals surface area contributed by atoms with E-state index in [1.54, 1.807) is 23.1 Å². The summed E-state index contributed by atoms with van der Waals surface area (Å²) in [6.45, 7) is 0.976. The molecule has 2 fully saturated rings. The van der Waals surface area contributed by atoms with Crippen LogP contribution in [-0.2, 0) is 19.6 Å². The topological polar surface area (TPSA) is 110 Å². The van der Waals surface area contributed by atoms with Gasteiger partial charge in [0.1, 0.15) is 5.82 Å². The molecule has 1 aliphatic heterocycles. The van der Waals surface area contributed by atoms with E-state index in [1.165, 1.54) is 30.3 Å². The monoisotopic (exact) mass is 445 g/mol. The van der Waals surface area contributed by atoms with Gasteiger partial charge in [0.25, 0.3) is 0 Å². The van der Waals surface area contributed by atoms with Crippen molar-refractivity contribution in [3.05, 3.63) is 59.9 Å². The minimum absolute atomic E-state index is 0.0221. The molecule has 164 valence electrons. The van der Waals surface area contributed by atoms with Crippen LogP contribution in [0.15, 0.2) is 53.4 Å². The fourth-order valence-electron chi connectivity index (χ4n) is 4.16. The van der Waals surface area contributed by atoms with Crippen LogP contribution in [0.5, 0.6) is 0 Å². The fraction of sp³-hybridized carbons (Fsp3) is 0.364. The molecule has 4 rings (SSSR count). The molecule has 0 spiro atoms. The summed E-state index contributed by atoms with van der Waals surface area (Å²) < 4.78 is 36.6. The quantitative estimate of drug-likeness (QED) is 0.737. The molecule has 9 heteroatoms. The molecule has 0 radical (unpaired) electrons. The number of carbonyl (C=O) groups excluding carboxylic acids is 2. The Morgan fingerprint density at radius 2 is 1.68 bits per heavy atom. The van der Waals surface area contributed by atoms with Crippen molar-refractivity contribution < 1.29 is 22.4 Å². The number of nitrogens with zero attached hydrogens (tertiary/aromatic N) is 1. The van der Waals surface area contributed by atoms with E-state index in [2.05, 4.69) is 5.32 Å². The molecule has 2 unspecified atom stereocenters. The zero-order chi connectivity index (χ0) is 22.2. The van der Waals surface area contributed by atoms with Crippen LogP contribution in [0.4, 0.5) is 10.1 Å². The van der Waals surface area contributed by atoms with Crippen LogP contribution < -0.4 is 10.5 Å². The molecule has 2 atom stereocenters. The first-order chi connectivity index (χ1) is 14.7. The molecule has 31 heavy (non-hydrogen) atoms. The second kappa shape index (κ2) is 8.39. The molecule has 1 aliphatic carbocycles. The Hall–Kier alpha value is -2.78. The summed E-state index contributed by atoms with van der Waals surface area (Å²) in [4.78, 5) is 27.1. The molecule has 2 aromatic rings. The van der Waals surface area contributed by atoms with Crippen molar-refractivity contribution in [2.75, 3.05) is 18.4 Å². The lowest BCUT2D eigenvalue weighted by atomic mass is 9.95. The van der Waals surface area contributed by atoms with Crippen molar-refractivity contribution >= 4 is 27.5 Å². The molecule has 2 aromatic carbocycles. The highest BCUT2D eigenvalue weighted by Crippen LogP contribution is 2.49. The predicted octanol–water partition coefficient (Wildman–Crippen LogP) is 2.45. The van der Waals surface area contributed by atoms with Crippen LogP contribution in [0.25, 0.3) is 0 Å². The Labute approximate surface area is 180 Å². The van der Waals surface area contributed by atoms with Gasteiger partial charge in [-0.25, -0.2) is 17.9 Å². The van der Waals surface area contributed by atoms with E-state index in [4.69, 9.17) is 5.14 Å². The van der Waals surface area contributed by atoms with Gasteiger partial charge in [0.05, 0.1) is 4.90 Å². The van der Waals surface area contributed by atoms with Gasteiger partial charge in [0.2, 0.25) is 21.8 Å². The van der Waals surface area contributed by atoms with Crippen molar-refractivity contribution in [2.24, 2.45) is 17.0 Å². The maximum absolute atomic E-state index is 14.0. The normalized spacial score (nSPS) is 21.5. The third-order valence-electron chi connectivity index (χ3n) is 6.04. The molecule has 1 saturated heterocycles. The van der Waals surface area contributed by atoms with Gasteiger partial charge in [-0.3, -0.25) is 9.59 Å². The minimum Gasteiger partial charge on any atom is -0.342 e. The van der Waals surface area contributed by atoms with E-state index in [0.717, 1.165) is 0 Å². The summed E-state index contributed by atoms with van der Waals surface area (Å²) in [5, 5.41) is 7.86. The highest BCUT2D eigenvalue weighted by molar-refractivity contribution is 7.89. The number of anilines is 1. The Bertz CT molecular complexity index is 1100. The summed E-state index contributed by atoms with van der Waals surface area (Å²) in [5.41, 5.74) is 1.09. The largest absolute Gasteiger partial charge is 0.342 e. The van der Waals surface area contributed by atoms with Gasteiger partial charge in [0.15, 0.2) is 0 Å². The Kier molecular flexibility index (Phi) is 5.81. The summed E-state index contributed by atoms with van der Waals surface area (Å²) in [6, 6.07) is 12.2. The number of piperidine rings is 1. The smallest absolute Gasteiger partial charge is 0.238 e. The van der Waals surface area contributed by atoms with Gasteiger partial charge in [-0.1, -0.05) is 18.2 Å². The van der Waals surface area contributed by atoms with Crippen LogP contribution in [0, 0.1) is 17.7 Å². The van der Waals surface area contributed by atoms with Gasteiger partial charge in [-0.05, 0) is 61.1 Å². The third-order valence-corrected chi connectivity index (χ3v) is 6.97. The maximum Gasteiger partial charge on any atom is 0.238 e. The highest BCUT2D eigenvalue weighted by atomic mass is 32.2. The third kappa shape index (κ3) is 4.77. The van der Waals surface area contributed by atoms with E-state index in [-0.39, 0.29) is 40.3 Å². The lowest BCUT2D eigenvalue weighted by molar-refractivity contribution is -0.135. The second-order valence-electron chi connectivity index (χ2n) is 8.13. The Morgan fingerprint density at radius 3 is 2.29 bits per heavy atom. The van der Waals surface area contributed by atoms with Crippen LogP contribution in [0.2, 0.25) is 0 Å². The average Bonchev–Trinajstić information content (AvgIpc) is 3.54. The number of nitrogens with one attached hydrogen (secondary N) is 1. The summed E-state index contributed by atoms with van der Waals surface area (Å²) in [7, 11) is -3.78. The number of nitrogens with two attached hydrogens (primary N) is 1. The van der Waals surface area contributed by atoms with E-state index >= 15 is 0 Å². The van der Waals surface area contributed by atoms with E-state index in [0.29, 0.717) is 43.6 Å². The number of rotatable bonds is 5. The van der Waals surface area contributed by atoms with Crippen molar-refractivity contribution in [1.82, 2.24) is 4.90 Å². The van der Waals surface area contributed by atoms with Crippen LogP contribution >= 0.6 is 0 Å². The maximum atomic E-state index is 14.0. The number of amides is 2. The van der Waals surface area contributed by atoms with E-state index in [1.807, 2.05) is 0 Å². The molecule has 0 bridgehead atoms. The lowest BCUT2D eigenvalue weighted by Gasteiger charge is -2.31. The average molecular weight is 446 g/mol. The molecule has 0 aromatic heterocycles. The first-order valence-corrected chi connectivity index (χ1v) is 11.8. The number of halogens is 1. The number of sulfonamides is 1. The van der Waals surface area contributed by atoms with Crippen LogP contribution in [0.1, 0.15) is 30.7 Å². The number of likely N-dealkylation sites (tertiary alicyclic amines) is 1. The number of primary sulfonamides is 1. The molecular weight excluding hydrogens is 421 g/mol. The van der Waals surface area contributed by atoms with Gasteiger partial charge in [-0.2, -0.15) is 0 Å². The zero-order valence-electron chi connectivity index (χ0n) is 16.8. The highest BCUT2D eigenvalue weighted by Gasteiger charge is 2.47. The van der Waals surface area contributed by atoms with E-state index in [9.17, 15) is 22.4 Å². The minimum atomic E-state index is -3.78. The number of hydrogen-bond donors (Lipinski definition) is 2. The molecule has 2 amide bonds. The molecule has 2 aliphatic rings. The molecule has 3 N–H and O–H groups in total. The zero-order valence-corrected chi connectivity index (χ0v) is 17.6. The number of hydrogen-bond acceptors (Lipinski definition) is 4. The Morgan fingerprint density at radius 1 is 1.03 bits per heavy atom. The molecular formula is C22H24FN3O4S. The lowest BCUT2D eigenvalue weighted by Crippen LogP contribution is -2.42. The Balaban J connectivity index is 1.28. The number of carbonyl (C=O) groups is 2. The SMILES string of the molecule is NS(=O)(=O)c1ccc(NC(=O)C2CCN(C(=O)C3CC3c3ccccc3F)CC2)cc1. The number of benzene rings is 2. The van der Waals surface area contributed by atoms with Crippen molar-refractivity contribution in [3.8, 4) is 0 Å². The fourth-order valence-corrected chi connectivity index (χ4v) is 4.67. The predicted molar refractivity (Wildman–Crippen MR) is 113 cm³/mol. The van der Waals surface area contributed by atoms with Crippen molar-refractivity contribution in [1.29, 1.82) is 0 Å². The van der Waals surface area contributed by atoms with Gasteiger partial charge in [-0.15, -0.1) is 0 Å². The second-order valence-corrected chi connectivity index (χ2v) is 9.69. The first-order valence-electron chi connectivity index (χ1n) is 10.2. The molecule has 7 nitrogen and oxygen atoms in total. The van der Waals surface area contributed by atoms with E-state index < -0.39 is 10.0 Å². The summed E-state index contributed by atoms with van der Waals surface area (Å²) >= 11 is 0. The standard InChI is InChI=1S/C22H24FN3O4S/c23-20-4-2-1-3-17(20)18-13-19(18)22(28)26-11-9-14(10-12-26)21(27)25-15-5-7-16(8-6-15)31(24,29)30/h1-8,14,18-19H,9-13H2,(H,25,27)(H2,24,29,30). The van der Waals surface area contributed by atoms with Gasteiger partial charge < -0.3 is 10.2 Å². The van der Waals surface area contributed by atoms with Crippen LogP contribution in [-0.4, -0.2) is 38.2 Å². The van der Waals surface area contributed by atoms with Gasteiger partial charge >= 0.3 is 0 Å². The van der Waals surface area contributed by atoms with Crippen molar-refractivity contribution in [2.45, 2.75) is 30.1 Å².